The molecule has 4 heteroatoms. The number of nitrogens with zero attached hydrogens (tertiary/aromatic N) is 3. The SMILES string of the molecule is Cc1cccc(-c2nc(C)cc(CNC3CC3)n2)n1. The van der Waals surface area contributed by atoms with Gasteiger partial charge < -0.3 is 5.32 Å². The standard InChI is InChI=1S/C15H18N4/c1-10-4-3-5-14(17-10)15-18-11(2)8-13(19-15)9-16-12-6-7-12/h3-5,8,12,16H,6-7,9H2,1-2H3. The predicted molar refractivity (Wildman–Crippen MR) is 74.6 cm³/mol. The average Bonchev–Trinajstić information content (AvgIpc) is 3.20. The molecule has 98 valence electrons. The third kappa shape index (κ3) is 3.15. The summed E-state index contributed by atoms with van der Waals surface area (Å²) in [5.41, 5.74) is 3.86. The van der Waals surface area contributed by atoms with E-state index in [4.69, 9.17) is 0 Å². The molecule has 19 heavy (non-hydrogen) atoms. The second kappa shape index (κ2) is 5.05. The van der Waals surface area contributed by atoms with Crippen LogP contribution < -0.4 is 5.32 Å². The maximum Gasteiger partial charge on any atom is 0.178 e. The number of hydrogen-bond acceptors (Lipinski definition) is 4. The summed E-state index contributed by atoms with van der Waals surface area (Å²) in [6.45, 7) is 4.79. The lowest BCUT2D eigenvalue weighted by atomic mass is 10.2. The van der Waals surface area contributed by atoms with E-state index < -0.39 is 0 Å². The van der Waals surface area contributed by atoms with E-state index in [9.17, 15) is 0 Å². The Balaban J connectivity index is 1.87. The lowest BCUT2D eigenvalue weighted by molar-refractivity contribution is 0.672. The van der Waals surface area contributed by atoms with Gasteiger partial charge in [-0.2, -0.15) is 0 Å². The molecule has 1 fully saturated rings. The van der Waals surface area contributed by atoms with Crippen LogP contribution in [-0.4, -0.2) is 21.0 Å². The fourth-order valence-electron chi connectivity index (χ4n) is 2.04. The monoisotopic (exact) mass is 254 g/mol. The van der Waals surface area contributed by atoms with Gasteiger partial charge in [0.25, 0.3) is 0 Å². The van der Waals surface area contributed by atoms with Crippen molar-refractivity contribution in [3.63, 3.8) is 0 Å². The summed E-state index contributed by atoms with van der Waals surface area (Å²) in [6, 6.07) is 8.66. The second-order valence-corrected chi connectivity index (χ2v) is 5.14. The molecule has 0 amide bonds. The number of aryl methyl sites for hydroxylation is 2. The Morgan fingerprint density at radius 3 is 2.68 bits per heavy atom. The van der Waals surface area contributed by atoms with Crippen LogP contribution in [0.1, 0.15) is 29.9 Å². The predicted octanol–water partition coefficient (Wildman–Crippen LogP) is 2.41. The van der Waals surface area contributed by atoms with Crippen LogP contribution in [0.4, 0.5) is 0 Å². The van der Waals surface area contributed by atoms with E-state index in [-0.39, 0.29) is 0 Å². The zero-order valence-electron chi connectivity index (χ0n) is 11.3. The van der Waals surface area contributed by atoms with E-state index in [0.29, 0.717) is 6.04 Å². The smallest absolute Gasteiger partial charge is 0.178 e. The fourth-order valence-corrected chi connectivity index (χ4v) is 2.04. The van der Waals surface area contributed by atoms with Gasteiger partial charge in [0.2, 0.25) is 0 Å². The maximum absolute atomic E-state index is 4.61. The Labute approximate surface area is 113 Å². The van der Waals surface area contributed by atoms with Crippen LogP contribution in [0.5, 0.6) is 0 Å². The average molecular weight is 254 g/mol. The summed E-state index contributed by atoms with van der Waals surface area (Å²) in [7, 11) is 0. The highest BCUT2D eigenvalue weighted by Crippen LogP contribution is 2.19. The molecule has 0 radical (unpaired) electrons. The Morgan fingerprint density at radius 2 is 1.95 bits per heavy atom. The fraction of sp³-hybridized carbons (Fsp3) is 0.400. The molecule has 3 rings (SSSR count). The number of nitrogens with one attached hydrogen (secondary N) is 1. The number of pyridine rings is 1. The van der Waals surface area contributed by atoms with Gasteiger partial charge in [-0.25, -0.2) is 15.0 Å². The van der Waals surface area contributed by atoms with Crippen molar-refractivity contribution in [2.75, 3.05) is 0 Å². The molecule has 2 aromatic rings. The summed E-state index contributed by atoms with van der Waals surface area (Å²) in [4.78, 5) is 13.6. The lowest BCUT2D eigenvalue weighted by Crippen LogP contribution is -2.17. The third-order valence-electron chi connectivity index (χ3n) is 3.17. The van der Waals surface area contributed by atoms with Gasteiger partial charge in [-0.1, -0.05) is 6.07 Å². The van der Waals surface area contributed by atoms with E-state index in [2.05, 4.69) is 20.3 Å². The summed E-state index contributed by atoms with van der Waals surface area (Å²) in [5.74, 6) is 0.719. The highest BCUT2D eigenvalue weighted by molar-refractivity contribution is 5.49. The quantitative estimate of drug-likeness (QED) is 0.910. The Kier molecular flexibility index (Phi) is 3.25. The van der Waals surface area contributed by atoms with Gasteiger partial charge in [-0.05, 0) is 44.9 Å². The minimum atomic E-state index is 0.691. The Morgan fingerprint density at radius 1 is 1.11 bits per heavy atom. The minimum absolute atomic E-state index is 0.691. The van der Waals surface area contributed by atoms with E-state index >= 15 is 0 Å². The van der Waals surface area contributed by atoms with Crippen molar-refractivity contribution in [2.45, 2.75) is 39.3 Å². The van der Waals surface area contributed by atoms with Gasteiger partial charge in [0.15, 0.2) is 5.82 Å². The molecule has 2 heterocycles. The van der Waals surface area contributed by atoms with Crippen LogP contribution in [0.25, 0.3) is 11.5 Å². The minimum Gasteiger partial charge on any atom is -0.308 e. The van der Waals surface area contributed by atoms with Crippen molar-refractivity contribution in [1.29, 1.82) is 0 Å². The molecule has 1 saturated carbocycles. The van der Waals surface area contributed by atoms with Crippen LogP contribution in [0, 0.1) is 13.8 Å². The van der Waals surface area contributed by atoms with Gasteiger partial charge in [0.05, 0.1) is 5.69 Å². The lowest BCUT2D eigenvalue weighted by Gasteiger charge is -2.07. The normalized spacial score (nSPS) is 14.6. The first-order valence-corrected chi connectivity index (χ1v) is 6.73. The first kappa shape index (κ1) is 12.2. The highest BCUT2D eigenvalue weighted by atomic mass is 15.0. The van der Waals surface area contributed by atoms with Gasteiger partial charge in [0.1, 0.15) is 5.69 Å². The Hall–Kier alpha value is -1.81. The number of aromatic nitrogens is 3. The molecule has 0 bridgehead atoms. The molecule has 1 aliphatic rings. The van der Waals surface area contributed by atoms with Crippen LogP contribution in [0.2, 0.25) is 0 Å². The molecule has 0 unspecified atom stereocenters. The van der Waals surface area contributed by atoms with Crippen LogP contribution >= 0.6 is 0 Å². The number of rotatable bonds is 4. The molecular formula is C15H18N4. The molecule has 0 saturated heterocycles. The first-order valence-electron chi connectivity index (χ1n) is 6.73. The van der Waals surface area contributed by atoms with Gasteiger partial charge in [0, 0.05) is 24.0 Å². The van der Waals surface area contributed by atoms with Crippen molar-refractivity contribution < 1.29 is 0 Å². The Bertz CT molecular complexity index is 590. The van der Waals surface area contributed by atoms with Gasteiger partial charge in [-0.15, -0.1) is 0 Å². The van der Waals surface area contributed by atoms with Crippen molar-refractivity contribution in [1.82, 2.24) is 20.3 Å². The summed E-state index contributed by atoms with van der Waals surface area (Å²) >= 11 is 0. The number of hydrogen-bond donors (Lipinski definition) is 1. The molecular weight excluding hydrogens is 236 g/mol. The van der Waals surface area contributed by atoms with E-state index in [1.54, 1.807) is 0 Å². The van der Waals surface area contributed by atoms with E-state index in [1.165, 1.54) is 12.8 Å². The van der Waals surface area contributed by atoms with Crippen LogP contribution in [-0.2, 0) is 6.54 Å². The van der Waals surface area contributed by atoms with Crippen molar-refractivity contribution in [3.05, 3.63) is 41.3 Å². The molecule has 2 aromatic heterocycles. The molecule has 4 nitrogen and oxygen atoms in total. The molecule has 1 N–H and O–H groups in total. The summed E-state index contributed by atoms with van der Waals surface area (Å²) in [5, 5.41) is 3.48. The summed E-state index contributed by atoms with van der Waals surface area (Å²) < 4.78 is 0. The molecule has 1 aliphatic carbocycles. The van der Waals surface area contributed by atoms with Crippen LogP contribution in [0.3, 0.4) is 0 Å². The van der Waals surface area contributed by atoms with E-state index in [1.807, 2.05) is 38.1 Å². The molecule has 0 aromatic carbocycles. The highest BCUT2D eigenvalue weighted by Gasteiger charge is 2.20. The topological polar surface area (TPSA) is 50.7 Å². The van der Waals surface area contributed by atoms with Crippen LogP contribution in [0.15, 0.2) is 24.3 Å². The largest absolute Gasteiger partial charge is 0.308 e. The molecule has 0 atom stereocenters. The first-order chi connectivity index (χ1) is 9.20. The van der Waals surface area contributed by atoms with Gasteiger partial charge >= 0.3 is 0 Å². The zero-order chi connectivity index (χ0) is 13.2. The zero-order valence-corrected chi connectivity index (χ0v) is 11.3. The van der Waals surface area contributed by atoms with Crippen molar-refractivity contribution in [3.8, 4) is 11.5 Å². The van der Waals surface area contributed by atoms with E-state index in [0.717, 1.165) is 35.1 Å². The maximum atomic E-state index is 4.61. The summed E-state index contributed by atoms with van der Waals surface area (Å²) in [6.07, 6.45) is 2.58. The molecule has 0 aliphatic heterocycles. The van der Waals surface area contributed by atoms with Gasteiger partial charge in [-0.3, -0.25) is 0 Å². The van der Waals surface area contributed by atoms with Crippen molar-refractivity contribution in [2.24, 2.45) is 0 Å². The second-order valence-electron chi connectivity index (χ2n) is 5.14. The molecule has 0 spiro atoms. The third-order valence-corrected chi connectivity index (χ3v) is 3.17. The van der Waals surface area contributed by atoms with Crippen molar-refractivity contribution >= 4 is 0 Å².